The smallest absolute Gasteiger partial charge is 0.421 e. The minimum atomic E-state index is -4.61. The van der Waals surface area contributed by atoms with Gasteiger partial charge in [-0.1, -0.05) is 0 Å². The number of hydrogen-bond acceptors (Lipinski definition) is 2. The summed E-state index contributed by atoms with van der Waals surface area (Å²) in [5.74, 6) is -3.37. The highest BCUT2D eigenvalue weighted by Crippen LogP contribution is 2.28. The number of amides is 3. The number of nitrogens with one attached hydrogen (secondary N) is 2. The van der Waals surface area contributed by atoms with Crippen LogP contribution in [0.15, 0.2) is 0 Å². The fraction of sp³-hybridized carbons (Fsp3) is 0.714. The quantitative estimate of drug-likeness (QED) is 0.447. The van der Waals surface area contributed by atoms with Gasteiger partial charge in [0.15, 0.2) is 5.92 Å². The summed E-state index contributed by atoms with van der Waals surface area (Å²) in [5.41, 5.74) is 0. The molecule has 2 N–H and O–H groups in total. The van der Waals surface area contributed by atoms with Crippen LogP contribution in [0, 0.1) is 5.92 Å². The van der Waals surface area contributed by atoms with E-state index in [0.29, 0.717) is 0 Å². The van der Waals surface area contributed by atoms with Crippen LogP contribution in [-0.4, -0.2) is 31.2 Å². The van der Waals surface area contributed by atoms with Gasteiger partial charge in [0.25, 0.3) is 0 Å². The molecular formula is C7H10F3IN2O2. The lowest BCUT2D eigenvalue weighted by Crippen LogP contribution is -3.19. The molecular weight excluding hydrogens is 328 g/mol. The molecule has 3 atom stereocenters. The maximum atomic E-state index is 12.4. The van der Waals surface area contributed by atoms with E-state index in [0.717, 1.165) is 0 Å². The van der Waals surface area contributed by atoms with Crippen molar-refractivity contribution < 1.29 is 51.6 Å². The molecule has 0 aromatic rings. The van der Waals surface area contributed by atoms with Crippen LogP contribution < -0.4 is 34.2 Å². The molecule has 1 fully saturated rings. The van der Waals surface area contributed by atoms with Gasteiger partial charge in [0, 0.05) is 0 Å². The third-order valence-corrected chi connectivity index (χ3v) is 2.41. The fourth-order valence-electron chi connectivity index (χ4n) is 1.40. The van der Waals surface area contributed by atoms with Crippen LogP contribution in [0.3, 0.4) is 0 Å². The predicted molar refractivity (Wildman–Crippen MR) is 39.4 cm³/mol. The van der Waals surface area contributed by atoms with Gasteiger partial charge in [-0.25, -0.2) is 10.1 Å². The molecule has 8 heteroatoms. The third kappa shape index (κ3) is 2.80. The number of halogens is 4. The van der Waals surface area contributed by atoms with Crippen molar-refractivity contribution in [2.75, 3.05) is 7.05 Å². The van der Waals surface area contributed by atoms with E-state index < -0.39 is 30.1 Å². The molecule has 3 amide bonds. The van der Waals surface area contributed by atoms with Crippen LogP contribution in [0.25, 0.3) is 0 Å². The van der Waals surface area contributed by atoms with Crippen molar-refractivity contribution in [3.05, 3.63) is 0 Å². The van der Waals surface area contributed by atoms with E-state index in [4.69, 9.17) is 0 Å². The summed E-state index contributed by atoms with van der Waals surface area (Å²) in [4.78, 5) is 21.9. The molecule has 0 aliphatic carbocycles. The highest BCUT2D eigenvalue weighted by atomic mass is 127. The van der Waals surface area contributed by atoms with Crippen molar-refractivity contribution in [1.29, 1.82) is 0 Å². The van der Waals surface area contributed by atoms with Crippen molar-refractivity contribution in [2.45, 2.75) is 19.1 Å². The number of hydrogen-bond donors (Lipinski definition) is 2. The first-order valence-electron chi connectivity index (χ1n) is 4.00. The van der Waals surface area contributed by atoms with E-state index in [1.165, 1.54) is 14.0 Å². The number of alkyl halides is 3. The molecule has 15 heavy (non-hydrogen) atoms. The van der Waals surface area contributed by atoms with Gasteiger partial charge in [0.2, 0.25) is 5.91 Å². The first-order chi connectivity index (χ1) is 6.25. The number of imide groups is 1. The summed E-state index contributed by atoms with van der Waals surface area (Å²) in [5, 5.41) is 1.68. The number of carbonyl (C=O) groups is 2. The Kier molecular flexibility index (Phi) is 4.52. The molecule has 0 bridgehead atoms. The van der Waals surface area contributed by atoms with E-state index in [-0.39, 0.29) is 28.9 Å². The standard InChI is InChI=1S/C7H9F3N2O2.HI/c1-3-4(7(8,9)10)5(13)11-6(14)12(3)2;/h3-4H,1-2H3,(H,11,13,14);1H/t3?,4-;/m0./s1. The second kappa shape index (κ2) is 4.64. The van der Waals surface area contributed by atoms with Gasteiger partial charge in [0.1, 0.15) is 6.04 Å². The molecule has 0 aromatic carbocycles. The van der Waals surface area contributed by atoms with Gasteiger partial charge in [-0.2, -0.15) is 13.2 Å². The van der Waals surface area contributed by atoms with E-state index in [1.807, 2.05) is 0 Å². The third-order valence-electron chi connectivity index (χ3n) is 2.41. The Bertz CT molecular complexity index is 282. The number of urea groups is 1. The molecule has 0 aromatic heterocycles. The molecule has 1 aliphatic heterocycles. The largest absolute Gasteiger partial charge is 1.00 e. The van der Waals surface area contributed by atoms with Crippen LogP contribution in [0.4, 0.5) is 18.0 Å². The summed E-state index contributed by atoms with van der Waals surface area (Å²) >= 11 is 0. The number of carbonyl (C=O) groups excluding carboxylic acids is 2. The molecule has 1 heterocycles. The van der Waals surface area contributed by atoms with Crippen molar-refractivity contribution >= 4 is 11.9 Å². The Morgan fingerprint density at radius 1 is 1.33 bits per heavy atom. The average molecular weight is 338 g/mol. The van der Waals surface area contributed by atoms with E-state index in [2.05, 4.69) is 0 Å². The van der Waals surface area contributed by atoms with Crippen molar-refractivity contribution in [3.63, 3.8) is 0 Å². The zero-order valence-electron chi connectivity index (χ0n) is 7.98. The summed E-state index contributed by atoms with van der Waals surface area (Å²) in [6.45, 7) is 1.23. The van der Waals surface area contributed by atoms with Crippen LogP contribution in [-0.2, 0) is 4.79 Å². The second-order valence-electron chi connectivity index (χ2n) is 3.31. The zero-order chi connectivity index (χ0) is 11.1. The van der Waals surface area contributed by atoms with Crippen LogP contribution in [0.2, 0.25) is 0 Å². The van der Waals surface area contributed by atoms with E-state index in [1.54, 1.807) is 5.32 Å². The first kappa shape index (κ1) is 14.6. The van der Waals surface area contributed by atoms with Gasteiger partial charge >= 0.3 is 12.2 Å². The van der Waals surface area contributed by atoms with E-state index >= 15 is 0 Å². The van der Waals surface area contributed by atoms with Crippen molar-refractivity contribution in [2.24, 2.45) is 5.92 Å². The van der Waals surface area contributed by atoms with E-state index in [9.17, 15) is 22.8 Å². The fourth-order valence-corrected chi connectivity index (χ4v) is 1.40. The SMILES string of the molecule is CC1[C@H](C(F)(F)F)C(=O)NC(=O)[NH+]1C.[I-]. The summed E-state index contributed by atoms with van der Waals surface area (Å²) in [6.07, 6.45) is -4.61. The Balaban J connectivity index is 0.00000196. The van der Waals surface area contributed by atoms with Crippen molar-refractivity contribution in [1.82, 2.24) is 5.32 Å². The molecule has 1 saturated heterocycles. The number of rotatable bonds is 0. The molecule has 0 radical (unpaired) electrons. The Morgan fingerprint density at radius 2 is 1.80 bits per heavy atom. The molecule has 4 nitrogen and oxygen atoms in total. The molecule has 0 spiro atoms. The van der Waals surface area contributed by atoms with Gasteiger partial charge in [-0.05, 0) is 6.92 Å². The summed E-state index contributed by atoms with van der Waals surface area (Å²) in [6, 6.07) is -1.81. The Hall–Kier alpha value is -0.380. The van der Waals surface area contributed by atoms with Crippen molar-refractivity contribution in [3.8, 4) is 0 Å². The number of quaternary nitrogens is 1. The molecule has 0 saturated carbocycles. The topological polar surface area (TPSA) is 50.6 Å². The summed E-state index contributed by atoms with van der Waals surface area (Å²) < 4.78 is 37.1. The highest BCUT2D eigenvalue weighted by Gasteiger charge is 2.55. The van der Waals surface area contributed by atoms with Gasteiger partial charge in [-0.3, -0.25) is 9.69 Å². The first-order valence-corrected chi connectivity index (χ1v) is 4.00. The van der Waals surface area contributed by atoms with Gasteiger partial charge in [0.05, 0.1) is 7.05 Å². The molecule has 1 aliphatic rings. The molecule has 88 valence electrons. The molecule has 2 unspecified atom stereocenters. The lowest BCUT2D eigenvalue weighted by atomic mass is 9.96. The lowest BCUT2D eigenvalue weighted by molar-refractivity contribution is -0.828. The maximum Gasteiger partial charge on any atom is 0.421 e. The normalized spacial score (nSPS) is 31.9. The van der Waals surface area contributed by atoms with Crippen LogP contribution >= 0.6 is 0 Å². The Morgan fingerprint density at radius 3 is 2.20 bits per heavy atom. The van der Waals surface area contributed by atoms with Gasteiger partial charge < -0.3 is 24.0 Å². The second-order valence-corrected chi connectivity index (χ2v) is 3.31. The predicted octanol–water partition coefficient (Wildman–Crippen LogP) is -3.68. The maximum absolute atomic E-state index is 12.4. The zero-order valence-corrected chi connectivity index (χ0v) is 10.1. The minimum Gasteiger partial charge on any atom is -1.00 e. The van der Waals surface area contributed by atoms with Gasteiger partial charge in [-0.15, -0.1) is 0 Å². The highest BCUT2D eigenvalue weighted by molar-refractivity contribution is 5.94. The monoisotopic (exact) mass is 338 g/mol. The van der Waals surface area contributed by atoms with Crippen LogP contribution in [0.1, 0.15) is 6.92 Å². The summed E-state index contributed by atoms with van der Waals surface area (Å²) in [7, 11) is 1.30. The molecule has 1 rings (SSSR count). The van der Waals surface area contributed by atoms with Crippen LogP contribution in [0.5, 0.6) is 0 Å². The lowest BCUT2D eigenvalue weighted by Gasteiger charge is -2.31. The Labute approximate surface area is 101 Å². The average Bonchev–Trinajstić information content (AvgIpc) is 1.97. The minimum absolute atomic E-state index is 0.